The Hall–Kier alpha value is -1.09. The van der Waals surface area contributed by atoms with Gasteiger partial charge in [0.25, 0.3) is 0 Å². The third-order valence-corrected chi connectivity index (χ3v) is 4.75. The van der Waals surface area contributed by atoms with Crippen LogP contribution < -0.4 is 15.4 Å². The van der Waals surface area contributed by atoms with Gasteiger partial charge in [0, 0.05) is 32.7 Å². The number of guanidine groups is 1. The van der Waals surface area contributed by atoms with Gasteiger partial charge in [-0.15, -0.1) is 24.0 Å². The van der Waals surface area contributed by atoms with Gasteiger partial charge in [-0.25, -0.2) is 4.39 Å². The lowest BCUT2D eigenvalue weighted by atomic mass is 10.0. The van der Waals surface area contributed by atoms with Crippen LogP contribution in [0.15, 0.2) is 23.2 Å². The predicted molar refractivity (Wildman–Crippen MR) is 116 cm³/mol. The van der Waals surface area contributed by atoms with E-state index >= 15 is 0 Å². The van der Waals surface area contributed by atoms with Crippen molar-refractivity contribution >= 4 is 29.9 Å². The highest BCUT2D eigenvalue weighted by Gasteiger charge is 2.17. The van der Waals surface area contributed by atoms with Crippen LogP contribution >= 0.6 is 24.0 Å². The Morgan fingerprint density at radius 3 is 2.81 bits per heavy atom. The van der Waals surface area contributed by atoms with E-state index in [-0.39, 0.29) is 35.5 Å². The van der Waals surface area contributed by atoms with Gasteiger partial charge in [-0.2, -0.15) is 0 Å². The van der Waals surface area contributed by atoms with E-state index in [1.54, 1.807) is 13.1 Å². The summed E-state index contributed by atoms with van der Waals surface area (Å²) in [4.78, 5) is 6.79. The molecule has 0 radical (unpaired) electrons. The van der Waals surface area contributed by atoms with E-state index in [0.717, 1.165) is 31.0 Å². The second kappa shape index (κ2) is 12.3. The van der Waals surface area contributed by atoms with E-state index in [2.05, 4.69) is 27.4 Å². The number of methoxy groups -OCH3 is 1. The summed E-state index contributed by atoms with van der Waals surface area (Å²) in [5.41, 5.74) is 0.850. The van der Waals surface area contributed by atoms with Gasteiger partial charge in [0.05, 0.1) is 7.11 Å². The molecule has 1 heterocycles. The largest absolute Gasteiger partial charge is 0.494 e. The smallest absolute Gasteiger partial charge is 0.191 e. The SMILES string of the molecule is CN=C(NCCCN1CCCCC1C)NCc1ccc(OC)c(F)c1.I. The molecule has 0 spiro atoms. The van der Waals surface area contributed by atoms with Crippen LogP contribution in [-0.4, -0.2) is 50.7 Å². The first-order chi connectivity index (χ1) is 12.1. The molecule has 1 aromatic carbocycles. The summed E-state index contributed by atoms with van der Waals surface area (Å²) >= 11 is 0. The van der Waals surface area contributed by atoms with Crippen LogP contribution in [0.2, 0.25) is 0 Å². The van der Waals surface area contributed by atoms with Crippen LogP contribution in [0.1, 0.15) is 38.2 Å². The molecule has 1 unspecified atom stereocenters. The second-order valence-corrected chi connectivity index (χ2v) is 6.56. The number of aliphatic imine (C=N–C) groups is 1. The molecule has 2 N–H and O–H groups in total. The molecule has 0 bridgehead atoms. The van der Waals surface area contributed by atoms with Gasteiger partial charge in [-0.05, 0) is 50.4 Å². The Morgan fingerprint density at radius 1 is 1.35 bits per heavy atom. The average molecular weight is 478 g/mol. The zero-order valence-corrected chi connectivity index (χ0v) is 18.4. The van der Waals surface area contributed by atoms with Crippen molar-refractivity contribution in [2.75, 3.05) is 33.8 Å². The zero-order valence-electron chi connectivity index (χ0n) is 16.1. The van der Waals surface area contributed by atoms with E-state index in [1.807, 2.05) is 6.07 Å². The van der Waals surface area contributed by atoms with Gasteiger partial charge in [0.15, 0.2) is 17.5 Å². The van der Waals surface area contributed by atoms with Gasteiger partial charge >= 0.3 is 0 Å². The molecule has 1 aliphatic heterocycles. The molecule has 0 aromatic heterocycles. The van der Waals surface area contributed by atoms with Crippen molar-refractivity contribution in [2.24, 2.45) is 4.99 Å². The molecule has 148 valence electrons. The maximum absolute atomic E-state index is 13.7. The summed E-state index contributed by atoms with van der Waals surface area (Å²) in [7, 11) is 3.21. The number of hydrogen-bond acceptors (Lipinski definition) is 3. The Kier molecular flexibility index (Phi) is 10.9. The number of hydrogen-bond donors (Lipinski definition) is 2. The van der Waals surface area contributed by atoms with E-state index in [1.165, 1.54) is 39.0 Å². The van der Waals surface area contributed by atoms with Crippen LogP contribution in [0.3, 0.4) is 0 Å². The number of likely N-dealkylation sites (tertiary alicyclic amines) is 1. The minimum atomic E-state index is -0.347. The first-order valence-corrected chi connectivity index (χ1v) is 9.15. The van der Waals surface area contributed by atoms with Crippen LogP contribution in [0.5, 0.6) is 5.75 Å². The first kappa shape index (κ1) is 23.0. The number of ether oxygens (including phenoxy) is 1. The van der Waals surface area contributed by atoms with E-state index in [9.17, 15) is 4.39 Å². The van der Waals surface area contributed by atoms with Crippen molar-refractivity contribution in [1.82, 2.24) is 15.5 Å². The molecule has 1 aromatic rings. The van der Waals surface area contributed by atoms with Crippen LogP contribution in [0.25, 0.3) is 0 Å². The molecule has 1 aliphatic rings. The molecule has 1 saturated heterocycles. The standard InChI is InChI=1S/C19H31FN4O.HI/c1-15-7-4-5-11-24(15)12-6-10-22-19(21-2)23-14-16-8-9-18(25-3)17(20)13-16;/h8-9,13,15H,4-7,10-12,14H2,1-3H3,(H2,21,22,23);1H. The lowest BCUT2D eigenvalue weighted by Gasteiger charge is -2.33. The lowest BCUT2D eigenvalue weighted by Crippen LogP contribution is -2.41. The highest BCUT2D eigenvalue weighted by molar-refractivity contribution is 14.0. The van der Waals surface area contributed by atoms with Gasteiger partial charge in [0.2, 0.25) is 0 Å². The number of rotatable bonds is 7. The number of benzene rings is 1. The fraction of sp³-hybridized carbons (Fsp3) is 0.632. The highest BCUT2D eigenvalue weighted by Crippen LogP contribution is 2.17. The summed E-state index contributed by atoms with van der Waals surface area (Å²) in [6.07, 6.45) is 5.08. The topological polar surface area (TPSA) is 48.9 Å². The van der Waals surface area contributed by atoms with Crippen molar-refractivity contribution in [3.05, 3.63) is 29.6 Å². The van der Waals surface area contributed by atoms with Gasteiger partial charge in [-0.3, -0.25) is 4.99 Å². The molecular weight excluding hydrogens is 446 g/mol. The molecule has 26 heavy (non-hydrogen) atoms. The third-order valence-electron chi connectivity index (χ3n) is 4.75. The summed E-state index contributed by atoms with van der Waals surface area (Å²) in [6.45, 7) is 6.05. The minimum Gasteiger partial charge on any atom is -0.494 e. The normalized spacial score (nSPS) is 18.2. The van der Waals surface area contributed by atoms with Gasteiger partial charge in [-0.1, -0.05) is 12.5 Å². The molecule has 7 heteroatoms. The lowest BCUT2D eigenvalue weighted by molar-refractivity contribution is 0.159. The van der Waals surface area contributed by atoms with Crippen molar-refractivity contribution in [3.63, 3.8) is 0 Å². The van der Waals surface area contributed by atoms with E-state index < -0.39 is 0 Å². The minimum absolute atomic E-state index is 0. The van der Waals surface area contributed by atoms with Crippen LogP contribution in [0, 0.1) is 5.82 Å². The number of nitrogens with zero attached hydrogens (tertiary/aromatic N) is 2. The Morgan fingerprint density at radius 2 is 2.15 bits per heavy atom. The maximum Gasteiger partial charge on any atom is 0.191 e. The third kappa shape index (κ3) is 7.26. The maximum atomic E-state index is 13.7. The van der Waals surface area contributed by atoms with Crippen LogP contribution in [-0.2, 0) is 6.54 Å². The number of piperidine rings is 1. The number of nitrogens with one attached hydrogen (secondary N) is 2. The van der Waals surface area contributed by atoms with Crippen molar-refractivity contribution < 1.29 is 9.13 Å². The molecule has 0 amide bonds. The quantitative estimate of drug-likeness (QED) is 0.273. The molecule has 0 aliphatic carbocycles. The summed E-state index contributed by atoms with van der Waals surface area (Å²) in [5.74, 6) is 0.654. The Bertz CT molecular complexity index is 570. The molecule has 2 rings (SSSR count). The molecule has 1 fully saturated rings. The van der Waals surface area contributed by atoms with Crippen molar-refractivity contribution in [1.29, 1.82) is 0 Å². The van der Waals surface area contributed by atoms with E-state index in [4.69, 9.17) is 4.74 Å². The first-order valence-electron chi connectivity index (χ1n) is 9.15. The van der Waals surface area contributed by atoms with Crippen molar-refractivity contribution in [2.45, 2.75) is 45.2 Å². The molecule has 5 nitrogen and oxygen atoms in total. The molecular formula is C19H32FIN4O. The summed E-state index contributed by atoms with van der Waals surface area (Å²) in [6, 6.07) is 5.68. The fourth-order valence-electron chi connectivity index (χ4n) is 3.20. The summed E-state index contributed by atoms with van der Waals surface area (Å²) in [5, 5.41) is 6.54. The van der Waals surface area contributed by atoms with Crippen LogP contribution in [0.4, 0.5) is 4.39 Å². The zero-order chi connectivity index (χ0) is 18.1. The summed E-state index contributed by atoms with van der Waals surface area (Å²) < 4.78 is 18.6. The Balaban J connectivity index is 0.00000338. The van der Waals surface area contributed by atoms with Gasteiger partial charge in [0.1, 0.15) is 0 Å². The fourth-order valence-corrected chi connectivity index (χ4v) is 3.20. The average Bonchev–Trinajstić information content (AvgIpc) is 2.62. The number of halogens is 2. The van der Waals surface area contributed by atoms with E-state index in [0.29, 0.717) is 12.6 Å². The highest BCUT2D eigenvalue weighted by atomic mass is 127. The molecule has 1 atom stereocenters. The monoisotopic (exact) mass is 478 g/mol. The van der Waals surface area contributed by atoms with Gasteiger partial charge < -0.3 is 20.3 Å². The predicted octanol–water partition coefficient (Wildman–Crippen LogP) is 3.38. The Labute approximate surface area is 173 Å². The second-order valence-electron chi connectivity index (χ2n) is 6.56. The van der Waals surface area contributed by atoms with Crippen molar-refractivity contribution in [3.8, 4) is 5.75 Å². The molecule has 0 saturated carbocycles.